The fourth-order valence-corrected chi connectivity index (χ4v) is 3.71. The average Bonchev–Trinajstić information content (AvgIpc) is 3.24. The van der Waals surface area contributed by atoms with Gasteiger partial charge in [-0.25, -0.2) is 4.98 Å². The molecule has 0 aliphatic carbocycles. The van der Waals surface area contributed by atoms with Gasteiger partial charge >= 0.3 is 0 Å². The number of H-pyrrole nitrogens is 1. The minimum absolute atomic E-state index is 0.00379. The van der Waals surface area contributed by atoms with Crippen LogP contribution < -0.4 is 0 Å². The van der Waals surface area contributed by atoms with E-state index >= 15 is 0 Å². The van der Waals surface area contributed by atoms with E-state index in [4.69, 9.17) is 0 Å². The number of aromatic amines is 1. The van der Waals surface area contributed by atoms with Crippen LogP contribution in [-0.2, 0) is 9.59 Å². The minimum Gasteiger partial charge on any atom is -0.345 e. The van der Waals surface area contributed by atoms with Gasteiger partial charge in [-0.3, -0.25) is 9.59 Å². The van der Waals surface area contributed by atoms with Crippen molar-refractivity contribution in [3.05, 3.63) is 30.1 Å². The summed E-state index contributed by atoms with van der Waals surface area (Å²) in [4.78, 5) is 36.1. The number of hydrogen-bond donors (Lipinski definition) is 1. The molecule has 1 N–H and O–H groups in total. The van der Waals surface area contributed by atoms with E-state index in [1.807, 2.05) is 29.2 Å². The van der Waals surface area contributed by atoms with Gasteiger partial charge in [-0.05, 0) is 25.0 Å². The van der Waals surface area contributed by atoms with Crippen LogP contribution in [0.2, 0.25) is 0 Å². The third kappa shape index (κ3) is 2.38. The number of imidazole rings is 1. The first kappa shape index (κ1) is 14.2. The molecule has 1 aromatic carbocycles. The topological polar surface area (TPSA) is 69.3 Å². The van der Waals surface area contributed by atoms with Gasteiger partial charge in [0.2, 0.25) is 11.8 Å². The van der Waals surface area contributed by atoms with Gasteiger partial charge in [0.1, 0.15) is 5.82 Å². The maximum atomic E-state index is 12.8. The summed E-state index contributed by atoms with van der Waals surface area (Å²) in [5, 5.41) is 0. The number of rotatable bonds is 2. The molecule has 3 heterocycles. The van der Waals surface area contributed by atoms with Crippen LogP contribution >= 0.6 is 0 Å². The van der Waals surface area contributed by atoms with Gasteiger partial charge < -0.3 is 14.8 Å². The molecule has 2 saturated heterocycles. The quantitative estimate of drug-likeness (QED) is 0.917. The fourth-order valence-electron chi connectivity index (χ4n) is 3.71. The van der Waals surface area contributed by atoms with Crippen LogP contribution in [0, 0.1) is 5.92 Å². The first-order valence-electron chi connectivity index (χ1n) is 8.12. The predicted octanol–water partition coefficient (Wildman–Crippen LogP) is 1.70. The molecule has 4 rings (SSSR count). The highest BCUT2D eigenvalue weighted by Gasteiger charge is 2.39. The van der Waals surface area contributed by atoms with E-state index in [2.05, 4.69) is 9.97 Å². The monoisotopic (exact) mass is 312 g/mol. The fraction of sp³-hybridized carbons (Fsp3) is 0.471. The van der Waals surface area contributed by atoms with Gasteiger partial charge in [-0.15, -0.1) is 0 Å². The van der Waals surface area contributed by atoms with Crippen molar-refractivity contribution in [2.75, 3.05) is 20.1 Å². The second-order valence-electron chi connectivity index (χ2n) is 6.50. The van der Waals surface area contributed by atoms with E-state index in [0.717, 1.165) is 36.2 Å². The Morgan fingerprint density at radius 3 is 2.91 bits per heavy atom. The third-order valence-electron chi connectivity index (χ3n) is 4.95. The predicted molar refractivity (Wildman–Crippen MR) is 85.5 cm³/mol. The van der Waals surface area contributed by atoms with E-state index in [1.165, 1.54) is 0 Å². The van der Waals surface area contributed by atoms with Crippen molar-refractivity contribution in [1.82, 2.24) is 19.8 Å². The smallest absolute Gasteiger partial charge is 0.228 e. The van der Waals surface area contributed by atoms with Crippen molar-refractivity contribution in [2.45, 2.75) is 25.3 Å². The molecule has 6 heteroatoms. The molecule has 1 aromatic heterocycles. The molecule has 0 spiro atoms. The molecular weight excluding hydrogens is 292 g/mol. The number of carbonyl (C=O) groups is 2. The van der Waals surface area contributed by atoms with Gasteiger partial charge in [-0.2, -0.15) is 0 Å². The highest BCUT2D eigenvalue weighted by molar-refractivity contribution is 5.89. The van der Waals surface area contributed by atoms with Crippen molar-refractivity contribution >= 4 is 22.8 Å². The zero-order valence-electron chi connectivity index (χ0n) is 13.2. The van der Waals surface area contributed by atoms with Crippen molar-refractivity contribution in [3.63, 3.8) is 0 Å². The number of amides is 2. The van der Waals surface area contributed by atoms with Crippen LogP contribution in [0.3, 0.4) is 0 Å². The Bertz CT molecular complexity index is 736. The van der Waals surface area contributed by atoms with Crippen molar-refractivity contribution in [2.24, 2.45) is 5.92 Å². The molecular formula is C17H20N4O2. The van der Waals surface area contributed by atoms with E-state index < -0.39 is 0 Å². The van der Waals surface area contributed by atoms with Gasteiger partial charge in [0.25, 0.3) is 0 Å². The molecule has 2 aliphatic heterocycles. The lowest BCUT2D eigenvalue weighted by Gasteiger charge is -2.25. The maximum Gasteiger partial charge on any atom is 0.228 e. The molecule has 0 radical (unpaired) electrons. The first-order chi connectivity index (χ1) is 11.1. The number of likely N-dealkylation sites (tertiary alicyclic amines) is 2. The Kier molecular flexibility index (Phi) is 3.32. The van der Waals surface area contributed by atoms with Gasteiger partial charge in [0, 0.05) is 26.6 Å². The lowest BCUT2D eigenvalue weighted by molar-refractivity contribution is -0.136. The molecule has 23 heavy (non-hydrogen) atoms. The summed E-state index contributed by atoms with van der Waals surface area (Å²) in [7, 11) is 1.76. The summed E-state index contributed by atoms with van der Waals surface area (Å²) >= 11 is 0. The Balaban J connectivity index is 1.59. The Labute approximate surface area is 134 Å². The van der Waals surface area contributed by atoms with Gasteiger partial charge in [0.15, 0.2) is 0 Å². The zero-order chi connectivity index (χ0) is 16.0. The molecule has 2 amide bonds. The van der Waals surface area contributed by atoms with E-state index in [0.29, 0.717) is 13.0 Å². The normalized spacial score (nSPS) is 24.8. The van der Waals surface area contributed by atoms with Crippen LogP contribution in [0.15, 0.2) is 24.3 Å². The summed E-state index contributed by atoms with van der Waals surface area (Å²) in [6.07, 6.45) is 2.23. The number of fused-ring (bicyclic) bond motifs is 1. The Morgan fingerprint density at radius 1 is 1.35 bits per heavy atom. The standard InChI is InChI=1S/C17H20N4O2/c1-20-10-11(9-15(20)22)17(23)21-8-4-7-14(21)16-18-12-5-2-3-6-13(12)19-16/h2-3,5-6,11,14H,4,7-10H2,1H3,(H,18,19)/t11?,14-/m1/s1. The highest BCUT2D eigenvalue weighted by atomic mass is 16.2. The highest BCUT2D eigenvalue weighted by Crippen LogP contribution is 2.34. The van der Waals surface area contributed by atoms with Crippen molar-refractivity contribution in [1.29, 1.82) is 0 Å². The largest absolute Gasteiger partial charge is 0.345 e. The lowest BCUT2D eigenvalue weighted by atomic mass is 10.1. The molecule has 2 aliphatic rings. The van der Waals surface area contributed by atoms with Crippen molar-refractivity contribution in [3.8, 4) is 0 Å². The lowest BCUT2D eigenvalue weighted by Crippen LogP contribution is -2.37. The zero-order valence-corrected chi connectivity index (χ0v) is 13.2. The average molecular weight is 312 g/mol. The van der Waals surface area contributed by atoms with Gasteiger partial charge in [-0.1, -0.05) is 12.1 Å². The number of nitrogens with one attached hydrogen (secondary N) is 1. The number of para-hydroxylation sites is 2. The van der Waals surface area contributed by atoms with Crippen LogP contribution in [-0.4, -0.2) is 51.7 Å². The second kappa shape index (κ2) is 5.37. The van der Waals surface area contributed by atoms with Crippen LogP contribution in [0.1, 0.15) is 31.1 Å². The molecule has 0 saturated carbocycles. The second-order valence-corrected chi connectivity index (χ2v) is 6.50. The van der Waals surface area contributed by atoms with Gasteiger partial charge in [0.05, 0.1) is 23.0 Å². The summed E-state index contributed by atoms with van der Waals surface area (Å²) in [5.41, 5.74) is 1.93. The van der Waals surface area contributed by atoms with E-state index in [9.17, 15) is 9.59 Å². The number of carbonyl (C=O) groups excluding carboxylic acids is 2. The number of hydrogen-bond acceptors (Lipinski definition) is 3. The molecule has 120 valence electrons. The number of benzene rings is 1. The third-order valence-corrected chi connectivity index (χ3v) is 4.95. The Hall–Kier alpha value is -2.37. The molecule has 0 bridgehead atoms. The summed E-state index contributed by atoms with van der Waals surface area (Å²) in [5.74, 6) is 0.792. The minimum atomic E-state index is -0.211. The molecule has 2 aromatic rings. The van der Waals surface area contributed by atoms with Crippen LogP contribution in [0.25, 0.3) is 11.0 Å². The van der Waals surface area contributed by atoms with Crippen LogP contribution in [0.4, 0.5) is 0 Å². The van der Waals surface area contributed by atoms with E-state index in [-0.39, 0.29) is 23.8 Å². The molecule has 2 fully saturated rings. The SMILES string of the molecule is CN1CC(C(=O)N2CCC[C@@H]2c2nc3ccccc3[nH]2)CC1=O. The maximum absolute atomic E-state index is 12.8. The summed E-state index contributed by atoms with van der Waals surface area (Å²) in [6, 6.07) is 7.90. The molecule has 6 nitrogen and oxygen atoms in total. The molecule has 1 unspecified atom stereocenters. The number of aromatic nitrogens is 2. The molecule has 2 atom stereocenters. The number of nitrogens with zero attached hydrogens (tertiary/aromatic N) is 3. The van der Waals surface area contributed by atoms with E-state index in [1.54, 1.807) is 11.9 Å². The summed E-state index contributed by atoms with van der Waals surface area (Å²) in [6.45, 7) is 1.27. The summed E-state index contributed by atoms with van der Waals surface area (Å²) < 4.78 is 0. The first-order valence-corrected chi connectivity index (χ1v) is 8.12. The van der Waals surface area contributed by atoms with Crippen LogP contribution in [0.5, 0.6) is 0 Å². The van der Waals surface area contributed by atoms with Crippen molar-refractivity contribution < 1.29 is 9.59 Å². The Morgan fingerprint density at radius 2 is 2.17 bits per heavy atom.